The molecule has 16 heavy (non-hydrogen) atoms. The summed E-state index contributed by atoms with van der Waals surface area (Å²) in [4.78, 5) is 15.7. The van der Waals surface area contributed by atoms with E-state index in [-0.39, 0.29) is 11.4 Å². The van der Waals surface area contributed by atoms with Crippen LogP contribution >= 0.6 is 0 Å². The number of esters is 1. The maximum atomic E-state index is 11.3. The summed E-state index contributed by atoms with van der Waals surface area (Å²) in [6.07, 6.45) is 2.48. The molecule has 0 bridgehead atoms. The molecule has 1 aromatic heterocycles. The van der Waals surface area contributed by atoms with Crippen LogP contribution in [-0.4, -0.2) is 24.7 Å². The summed E-state index contributed by atoms with van der Waals surface area (Å²) in [7, 11) is 1.35. The van der Waals surface area contributed by atoms with Gasteiger partial charge in [-0.1, -0.05) is 13.8 Å². The van der Waals surface area contributed by atoms with Gasteiger partial charge in [0.1, 0.15) is 5.75 Å². The van der Waals surface area contributed by atoms with Gasteiger partial charge < -0.3 is 9.47 Å². The molecule has 0 radical (unpaired) electrons. The van der Waals surface area contributed by atoms with Crippen molar-refractivity contribution in [1.82, 2.24) is 4.98 Å². The standard InChI is InChI=1S/C12H15NO3/c1-12(2)4-5-16-9-6-8(11(14)15-3)7-13-10(9)12/h6-7H,4-5H2,1-3H3. The molecule has 1 aromatic rings. The quantitative estimate of drug-likeness (QED) is 0.680. The molecule has 4 heteroatoms. The van der Waals surface area contributed by atoms with E-state index in [4.69, 9.17) is 4.74 Å². The molecule has 0 aliphatic carbocycles. The van der Waals surface area contributed by atoms with Gasteiger partial charge in [-0.3, -0.25) is 4.98 Å². The first-order chi connectivity index (χ1) is 7.54. The first-order valence-corrected chi connectivity index (χ1v) is 5.26. The van der Waals surface area contributed by atoms with E-state index in [0.717, 1.165) is 12.1 Å². The van der Waals surface area contributed by atoms with Crippen LogP contribution in [0.25, 0.3) is 0 Å². The van der Waals surface area contributed by atoms with Crippen molar-refractivity contribution in [3.63, 3.8) is 0 Å². The molecule has 0 fully saturated rings. The predicted octanol–water partition coefficient (Wildman–Crippen LogP) is 1.93. The van der Waals surface area contributed by atoms with Crippen LogP contribution in [0.1, 0.15) is 36.3 Å². The lowest BCUT2D eigenvalue weighted by Gasteiger charge is -2.31. The molecule has 0 saturated heterocycles. The number of nitrogens with zero attached hydrogens (tertiary/aromatic N) is 1. The Morgan fingerprint density at radius 2 is 2.31 bits per heavy atom. The average molecular weight is 221 g/mol. The summed E-state index contributed by atoms with van der Waals surface area (Å²) in [6, 6.07) is 1.70. The van der Waals surface area contributed by atoms with Crippen molar-refractivity contribution >= 4 is 5.97 Å². The molecule has 0 unspecified atom stereocenters. The third-order valence-electron chi connectivity index (χ3n) is 2.90. The summed E-state index contributed by atoms with van der Waals surface area (Å²) in [5.41, 5.74) is 1.34. The minimum atomic E-state index is -0.387. The molecule has 0 saturated carbocycles. The first-order valence-electron chi connectivity index (χ1n) is 5.26. The maximum Gasteiger partial charge on any atom is 0.339 e. The fourth-order valence-electron chi connectivity index (χ4n) is 1.83. The zero-order valence-corrected chi connectivity index (χ0v) is 9.74. The van der Waals surface area contributed by atoms with E-state index in [1.807, 2.05) is 0 Å². The van der Waals surface area contributed by atoms with Crippen molar-refractivity contribution in [2.75, 3.05) is 13.7 Å². The van der Waals surface area contributed by atoms with E-state index in [0.29, 0.717) is 17.9 Å². The molecule has 0 amide bonds. The average Bonchev–Trinajstić information content (AvgIpc) is 2.27. The maximum absolute atomic E-state index is 11.3. The number of hydrogen-bond acceptors (Lipinski definition) is 4. The fourth-order valence-corrected chi connectivity index (χ4v) is 1.83. The van der Waals surface area contributed by atoms with Gasteiger partial charge >= 0.3 is 5.97 Å². The number of carbonyl (C=O) groups excluding carboxylic acids is 1. The molecular weight excluding hydrogens is 206 g/mol. The Morgan fingerprint density at radius 1 is 1.56 bits per heavy atom. The third kappa shape index (κ3) is 1.75. The Kier molecular flexibility index (Phi) is 2.58. The van der Waals surface area contributed by atoms with Gasteiger partial charge in [-0.15, -0.1) is 0 Å². The number of aromatic nitrogens is 1. The van der Waals surface area contributed by atoms with Gasteiger partial charge in [-0.05, 0) is 12.5 Å². The van der Waals surface area contributed by atoms with Crippen LogP contribution < -0.4 is 4.74 Å². The van der Waals surface area contributed by atoms with E-state index in [9.17, 15) is 4.79 Å². The Bertz CT molecular complexity index is 426. The monoisotopic (exact) mass is 221 g/mol. The molecule has 2 rings (SSSR count). The number of pyridine rings is 1. The van der Waals surface area contributed by atoms with Gasteiger partial charge in [0, 0.05) is 11.6 Å². The lowest BCUT2D eigenvalue weighted by Crippen LogP contribution is -2.28. The van der Waals surface area contributed by atoms with E-state index >= 15 is 0 Å². The van der Waals surface area contributed by atoms with Crippen molar-refractivity contribution in [2.24, 2.45) is 0 Å². The van der Waals surface area contributed by atoms with Crippen LogP contribution in [-0.2, 0) is 10.2 Å². The molecule has 86 valence electrons. The summed E-state index contributed by atoms with van der Waals surface area (Å²) >= 11 is 0. The van der Waals surface area contributed by atoms with Crippen molar-refractivity contribution in [3.05, 3.63) is 23.5 Å². The number of ether oxygens (including phenoxy) is 2. The molecule has 0 spiro atoms. The minimum Gasteiger partial charge on any atom is -0.492 e. The normalized spacial score (nSPS) is 17.2. The van der Waals surface area contributed by atoms with E-state index in [1.165, 1.54) is 7.11 Å². The van der Waals surface area contributed by atoms with Crippen LogP contribution in [0.15, 0.2) is 12.3 Å². The predicted molar refractivity (Wildman–Crippen MR) is 58.7 cm³/mol. The Balaban J connectivity index is 2.43. The van der Waals surface area contributed by atoms with E-state index in [2.05, 4.69) is 23.6 Å². The molecule has 0 aromatic carbocycles. The molecule has 2 heterocycles. The van der Waals surface area contributed by atoms with Gasteiger partial charge in [0.2, 0.25) is 0 Å². The van der Waals surface area contributed by atoms with Gasteiger partial charge in [0.15, 0.2) is 0 Å². The summed E-state index contributed by atoms with van der Waals surface area (Å²) in [6.45, 7) is 4.91. The summed E-state index contributed by atoms with van der Waals surface area (Å²) in [5.74, 6) is 0.307. The molecule has 4 nitrogen and oxygen atoms in total. The molecule has 1 aliphatic heterocycles. The first kappa shape index (κ1) is 10.9. The number of carbonyl (C=O) groups is 1. The highest BCUT2D eigenvalue weighted by Crippen LogP contribution is 2.36. The Morgan fingerprint density at radius 3 is 3.00 bits per heavy atom. The van der Waals surface area contributed by atoms with Crippen molar-refractivity contribution < 1.29 is 14.3 Å². The van der Waals surface area contributed by atoms with Gasteiger partial charge in [0.25, 0.3) is 0 Å². The van der Waals surface area contributed by atoms with Gasteiger partial charge in [-0.2, -0.15) is 0 Å². The second kappa shape index (κ2) is 3.77. The highest BCUT2D eigenvalue weighted by molar-refractivity contribution is 5.89. The van der Waals surface area contributed by atoms with Crippen LogP contribution in [0.2, 0.25) is 0 Å². The van der Waals surface area contributed by atoms with Crippen molar-refractivity contribution in [2.45, 2.75) is 25.7 Å². The van der Waals surface area contributed by atoms with Crippen LogP contribution in [0.3, 0.4) is 0 Å². The number of methoxy groups -OCH3 is 1. The van der Waals surface area contributed by atoms with Crippen LogP contribution in [0.5, 0.6) is 5.75 Å². The summed E-state index contributed by atoms with van der Waals surface area (Å²) in [5, 5.41) is 0. The molecule has 1 aliphatic rings. The zero-order chi connectivity index (χ0) is 11.8. The topological polar surface area (TPSA) is 48.4 Å². The van der Waals surface area contributed by atoms with Crippen molar-refractivity contribution in [1.29, 1.82) is 0 Å². The number of hydrogen-bond donors (Lipinski definition) is 0. The van der Waals surface area contributed by atoms with Crippen LogP contribution in [0.4, 0.5) is 0 Å². The molecule has 0 atom stereocenters. The van der Waals surface area contributed by atoms with Gasteiger partial charge in [0.05, 0.1) is 25.0 Å². The Labute approximate surface area is 94.6 Å². The lowest BCUT2D eigenvalue weighted by atomic mass is 9.83. The second-order valence-electron chi connectivity index (χ2n) is 4.54. The third-order valence-corrected chi connectivity index (χ3v) is 2.90. The van der Waals surface area contributed by atoms with Crippen LogP contribution in [0, 0.1) is 0 Å². The van der Waals surface area contributed by atoms with E-state index < -0.39 is 0 Å². The number of rotatable bonds is 1. The molecule has 0 N–H and O–H groups in total. The zero-order valence-electron chi connectivity index (χ0n) is 9.74. The minimum absolute atomic E-state index is 0.00222. The lowest BCUT2D eigenvalue weighted by molar-refractivity contribution is 0.0599. The Hall–Kier alpha value is -1.58. The summed E-state index contributed by atoms with van der Waals surface area (Å²) < 4.78 is 10.2. The molecular formula is C12H15NO3. The fraction of sp³-hybridized carbons (Fsp3) is 0.500. The van der Waals surface area contributed by atoms with Crippen molar-refractivity contribution in [3.8, 4) is 5.75 Å². The number of fused-ring (bicyclic) bond motifs is 1. The highest BCUT2D eigenvalue weighted by atomic mass is 16.5. The SMILES string of the molecule is COC(=O)c1cnc2c(c1)OCCC2(C)C. The largest absolute Gasteiger partial charge is 0.492 e. The second-order valence-corrected chi connectivity index (χ2v) is 4.54. The smallest absolute Gasteiger partial charge is 0.339 e. The highest BCUT2D eigenvalue weighted by Gasteiger charge is 2.30. The van der Waals surface area contributed by atoms with E-state index in [1.54, 1.807) is 12.3 Å². The van der Waals surface area contributed by atoms with Gasteiger partial charge in [-0.25, -0.2) is 4.79 Å².